The molecule has 0 radical (unpaired) electrons. The zero-order valence-electron chi connectivity index (χ0n) is 29.5. The molecule has 1 aliphatic heterocycles. The van der Waals surface area contributed by atoms with Crippen LogP contribution in [-0.2, 0) is 40.0 Å². The molecule has 6 amide bonds. The van der Waals surface area contributed by atoms with Crippen LogP contribution in [-0.4, -0.2) is 118 Å². The maximum absolute atomic E-state index is 13.9. The summed E-state index contributed by atoms with van der Waals surface area (Å²) in [6, 6.07) is 1.35. The normalized spacial score (nSPS) is 16.8. The van der Waals surface area contributed by atoms with E-state index in [2.05, 4.69) is 26.3 Å². The molecule has 1 aromatic rings. The zero-order chi connectivity index (χ0) is 39.0. The van der Waals surface area contributed by atoms with Gasteiger partial charge in [-0.25, -0.2) is 4.79 Å². The number of carboxylic acids is 1. The molecule has 0 spiro atoms. The summed E-state index contributed by atoms with van der Waals surface area (Å²) in [4.78, 5) is 95.5. The van der Waals surface area contributed by atoms with Crippen LogP contribution in [0.2, 0.25) is 0 Å². The molecule has 1 aromatic carbocycles. The van der Waals surface area contributed by atoms with Crippen molar-refractivity contribution in [3.8, 4) is 0 Å². The molecule has 19 nitrogen and oxygen atoms in total. The predicted octanol–water partition coefficient (Wildman–Crippen LogP) is -3.46. The van der Waals surface area contributed by atoms with Crippen molar-refractivity contribution in [1.82, 2.24) is 26.2 Å². The number of nitrogens with zero attached hydrogens (tertiary/aromatic N) is 2. The fraction of sp³-hybridized carbons (Fsp3) is 0.576. The summed E-state index contributed by atoms with van der Waals surface area (Å²) in [5.41, 5.74) is 22.3. The Balaban J connectivity index is 2.29. The van der Waals surface area contributed by atoms with Crippen LogP contribution in [0.5, 0.6) is 0 Å². The lowest BCUT2D eigenvalue weighted by atomic mass is 10.0. The van der Waals surface area contributed by atoms with E-state index in [1.54, 1.807) is 30.3 Å². The number of amides is 6. The highest BCUT2D eigenvalue weighted by Gasteiger charge is 2.40. The molecular formula is C33H52N10O9. The fourth-order valence-corrected chi connectivity index (χ4v) is 5.60. The number of aliphatic imine (C=N–C) groups is 1. The molecule has 288 valence electrons. The van der Waals surface area contributed by atoms with Crippen molar-refractivity contribution in [3.05, 3.63) is 35.9 Å². The van der Waals surface area contributed by atoms with E-state index in [0.717, 1.165) is 5.56 Å². The van der Waals surface area contributed by atoms with E-state index in [1.165, 1.54) is 4.90 Å². The number of guanidine groups is 1. The maximum atomic E-state index is 13.9. The van der Waals surface area contributed by atoms with Crippen LogP contribution in [0.25, 0.3) is 0 Å². The number of hydrogen-bond donors (Lipinski definition) is 10. The smallest absolute Gasteiger partial charge is 0.326 e. The second kappa shape index (κ2) is 21.2. The summed E-state index contributed by atoms with van der Waals surface area (Å²) in [7, 11) is 0. The summed E-state index contributed by atoms with van der Waals surface area (Å²) < 4.78 is 0. The monoisotopic (exact) mass is 732 g/mol. The molecule has 1 fully saturated rings. The van der Waals surface area contributed by atoms with E-state index in [0.29, 0.717) is 6.42 Å². The number of rotatable bonds is 21. The maximum Gasteiger partial charge on any atom is 0.326 e. The van der Waals surface area contributed by atoms with Gasteiger partial charge in [0.25, 0.3) is 0 Å². The van der Waals surface area contributed by atoms with Crippen molar-refractivity contribution >= 4 is 47.4 Å². The Morgan fingerprint density at radius 1 is 0.885 bits per heavy atom. The Morgan fingerprint density at radius 3 is 2.08 bits per heavy atom. The number of likely N-dealkylation sites (tertiary alicyclic amines) is 1. The molecule has 6 atom stereocenters. The van der Waals surface area contributed by atoms with Gasteiger partial charge in [-0.1, -0.05) is 44.2 Å². The first-order valence-corrected chi connectivity index (χ1v) is 17.0. The molecule has 0 saturated carbocycles. The van der Waals surface area contributed by atoms with Gasteiger partial charge in [-0.3, -0.25) is 33.8 Å². The lowest BCUT2D eigenvalue weighted by molar-refractivity contribution is -0.144. The molecular weight excluding hydrogens is 680 g/mol. The van der Waals surface area contributed by atoms with E-state index in [9.17, 15) is 43.8 Å². The molecule has 1 aliphatic rings. The first-order chi connectivity index (χ1) is 24.5. The third-order valence-electron chi connectivity index (χ3n) is 8.21. The number of carboxylic acid groups (broad SMARTS) is 1. The first kappa shape index (κ1) is 42.9. The van der Waals surface area contributed by atoms with E-state index >= 15 is 0 Å². The van der Waals surface area contributed by atoms with Gasteiger partial charge in [-0.15, -0.1) is 0 Å². The van der Waals surface area contributed by atoms with Crippen molar-refractivity contribution in [2.45, 2.75) is 95.0 Å². The van der Waals surface area contributed by atoms with Gasteiger partial charge in [0.15, 0.2) is 5.96 Å². The van der Waals surface area contributed by atoms with Gasteiger partial charge in [0.2, 0.25) is 35.4 Å². The minimum atomic E-state index is -1.66. The standard InChI is InChI=1S/C33H52N10O9/c1-18(2)14-22(29(48)39-21(10-6-12-38-33(36)37)28(47)42-24(32(51)52)16-26(35)45)40-30(49)25-11-7-13-43(25)31(50)23(41-27(46)20(34)17-44)15-19-8-4-3-5-9-19/h3-5,8-9,18,20-25,44H,6-7,10-17,34H2,1-2H3,(H2,35,45)(H,39,48)(H,40,49)(H,41,46)(H,42,47)(H,51,52)(H4,36,37,38)/t20-,21-,22-,23-,24-,25+/m0/s1. The van der Waals surface area contributed by atoms with E-state index < -0.39 is 90.7 Å². The second-order valence-electron chi connectivity index (χ2n) is 13.0. The first-order valence-electron chi connectivity index (χ1n) is 17.0. The Kier molecular flexibility index (Phi) is 17.4. The number of nitrogens with one attached hydrogen (secondary N) is 4. The average Bonchev–Trinajstić information content (AvgIpc) is 3.58. The third kappa shape index (κ3) is 14.1. The SMILES string of the molecule is CC(C)C[C@H](NC(=O)[C@H]1CCCN1C(=O)[C@H](Cc1ccccc1)NC(=O)[C@@H](N)CO)C(=O)N[C@@H](CCCN=C(N)N)C(=O)N[C@@H](CC(N)=O)C(=O)O. The fourth-order valence-electron chi connectivity index (χ4n) is 5.60. The van der Waals surface area contributed by atoms with E-state index in [1.807, 2.05) is 13.8 Å². The Morgan fingerprint density at radius 2 is 1.50 bits per heavy atom. The number of nitrogens with two attached hydrogens (primary N) is 4. The van der Waals surface area contributed by atoms with Gasteiger partial charge >= 0.3 is 5.97 Å². The highest BCUT2D eigenvalue weighted by Crippen LogP contribution is 2.21. The number of hydrogen-bond acceptors (Lipinski definition) is 10. The second-order valence-corrected chi connectivity index (χ2v) is 13.0. The molecule has 2 rings (SSSR count). The lowest BCUT2D eigenvalue weighted by Gasteiger charge is -2.31. The van der Waals surface area contributed by atoms with Gasteiger partial charge in [0, 0.05) is 19.5 Å². The molecule has 0 aliphatic carbocycles. The number of carbonyl (C=O) groups is 7. The number of benzene rings is 1. The van der Waals surface area contributed by atoms with Crippen LogP contribution < -0.4 is 44.2 Å². The topological polar surface area (TPSA) is 328 Å². The van der Waals surface area contributed by atoms with Gasteiger partial charge < -0.3 is 59.3 Å². The zero-order valence-corrected chi connectivity index (χ0v) is 29.5. The van der Waals surface area contributed by atoms with E-state index in [4.69, 9.17) is 22.9 Å². The molecule has 0 unspecified atom stereocenters. The minimum Gasteiger partial charge on any atom is -0.480 e. The van der Waals surface area contributed by atoms with Crippen molar-refractivity contribution in [2.75, 3.05) is 19.7 Å². The molecule has 19 heteroatoms. The minimum absolute atomic E-state index is 0.0427. The van der Waals surface area contributed by atoms with Crippen molar-refractivity contribution in [2.24, 2.45) is 33.8 Å². The van der Waals surface area contributed by atoms with Crippen LogP contribution in [0.15, 0.2) is 35.3 Å². The van der Waals surface area contributed by atoms with Gasteiger partial charge in [0.1, 0.15) is 36.3 Å². The number of primary amides is 1. The van der Waals surface area contributed by atoms with Crippen LogP contribution >= 0.6 is 0 Å². The summed E-state index contributed by atoms with van der Waals surface area (Å²) in [5.74, 6) is -6.40. The Bertz CT molecular complexity index is 1440. The average molecular weight is 733 g/mol. The van der Waals surface area contributed by atoms with Crippen molar-refractivity contribution in [1.29, 1.82) is 0 Å². The third-order valence-corrected chi connectivity index (χ3v) is 8.21. The summed E-state index contributed by atoms with van der Waals surface area (Å²) >= 11 is 0. The molecule has 0 aromatic heterocycles. The molecule has 52 heavy (non-hydrogen) atoms. The van der Waals surface area contributed by atoms with E-state index in [-0.39, 0.29) is 57.1 Å². The van der Waals surface area contributed by atoms with Crippen LogP contribution in [0.1, 0.15) is 57.9 Å². The Labute approximate surface area is 301 Å². The van der Waals surface area contributed by atoms with Crippen LogP contribution in [0.4, 0.5) is 0 Å². The summed E-state index contributed by atoms with van der Waals surface area (Å²) in [6.07, 6.45) is 0.395. The quantitative estimate of drug-likeness (QED) is 0.0335. The van der Waals surface area contributed by atoms with Crippen molar-refractivity contribution in [3.63, 3.8) is 0 Å². The lowest BCUT2D eigenvalue weighted by Crippen LogP contribution is -2.59. The number of aliphatic hydroxyl groups excluding tert-OH is 1. The molecule has 1 saturated heterocycles. The number of aliphatic hydroxyl groups is 1. The van der Waals surface area contributed by atoms with Gasteiger partial charge in [0.05, 0.1) is 13.0 Å². The summed E-state index contributed by atoms with van der Waals surface area (Å²) in [5, 5.41) is 29.0. The molecule has 1 heterocycles. The number of carbonyl (C=O) groups excluding carboxylic acids is 6. The van der Waals surface area contributed by atoms with Gasteiger partial charge in [-0.05, 0) is 43.6 Å². The highest BCUT2D eigenvalue weighted by atomic mass is 16.4. The summed E-state index contributed by atoms with van der Waals surface area (Å²) in [6.45, 7) is 3.26. The Hall–Kier alpha value is -5.30. The highest BCUT2D eigenvalue weighted by molar-refractivity contribution is 5.97. The molecule has 0 bridgehead atoms. The number of aliphatic carboxylic acids is 1. The predicted molar refractivity (Wildman–Crippen MR) is 188 cm³/mol. The largest absolute Gasteiger partial charge is 0.480 e. The van der Waals surface area contributed by atoms with Crippen LogP contribution in [0, 0.1) is 5.92 Å². The van der Waals surface area contributed by atoms with Crippen molar-refractivity contribution < 1.29 is 43.8 Å². The van der Waals surface area contributed by atoms with Gasteiger partial charge in [-0.2, -0.15) is 0 Å². The molecule has 14 N–H and O–H groups in total. The van der Waals surface area contributed by atoms with Crippen LogP contribution in [0.3, 0.4) is 0 Å².